The lowest BCUT2D eigenvalue weighted by atomic mass is 10.1. The van der Waals surface area contributed by atoms with Crippen LogP contribution < -0.4 is 0 Å². The Kier molecular flexibility index (Phi) is 1.99. The van der Waals surface area contributed by atoms with Crippen molar-refractivity contribution in [2.45, 2.75) is 20.0 Å². The van der Waals surface area contributed by atoms with E-state index in [4.69, 9.17) is 0 Å². The van der Waals surface area contributed by atoms with Crippen LogP contribution in [-0.2, 0) is 6.18 Å². The molecule has 1 N–H and O–H groups in total. The molecule has 15 heavy (non-hydrogen) atoms. The summed E-state index contributed by atoms with van der Waals surface area (Å²) in [6.07, 6.45) is -1.56. The summed E-state index contributed by atoms with van der Waals surface area (Å²) in [4.78, 5) is 6.64. The third kappa shape index (κ3) is 1.48. The molecule has 0 bridgehead atoms. The molecular weight excluding hydrogens is 205 g/mol. The highest BCUT2D eigenvalue weighted by molar-refractivity contribution is 5.84. The lowest BCUT2D eigenvalue weighted by molar-refractivity contribution is -0.136. The Hall–Kier alpha value is -1.52. The maximum atomic E-state index is 12.8. The van der Waals surface area contributed by atoms with Crippen LogP contribution in [0.2, 0.25) is 0 Å². The highest BCUT2D eigenvalue weighted by atomic mass is 19.4. The number of alkyl halides is 3. The van der Waals surface area contributed by atoms with E-state index in [2.05, 4.69) is 9.97 Å². The number of aromatic amines is 1. The van der Waals surface area contributed by atoms with Gasteiger partial charge < -0.3 is 4.98 Å². The summed E-state index contributed by atoms with van der Waals surface area (Å²) in [6.45, 7) is 3.05. The number of pyridine rings is 1. The number of halogens is 3. The highest BCUT2D eigenvalue weighted by Crippen LogP contribution is 2.37. The van der Waals surface area contributed by atoms with E-state index in [0.717, 1.165) is 0 Å². The Bertz CT molecular complexity index is 511. The van der Waals surface area contributed by atoms with Gasteiger partial charge in [0.1, 0.15) is 5.65 Å². The van der Waals surface area contributed by atoms with Crippen LogP contribution in [0.4, 0.5) is 13.2 Å². The molecule has 0 atom stereocenters. The second kappa shape index (κ2) is 2.98. The quantitative estimate of drug-likeness (QED) is 0.716. The summed E-state index contributed by atoms with van der Waals surface area (Å²) in [7, 11) is 0. The Balaban J connectivity index is 2.90. The van der Waals surface area contributed by atoms with Gasteiger partial charge in [-0.15, -0.1) is 0 Å². The SMILES string of the molecule is Cc1cnc2[nH]cc(C)c2c1C(F)(F)F. The molecule has 80 valence electrons. The number of H-pyrrole nitrogens is 1. The summed E-state index contributed by atoms with van der Waals surface area (Å²) in [5, 5.41) is 0.169. The second-order valence-corrected chi connectivity index (χ2v) is 3.51. The molecule has 0 aliphatic rings. The van der Waals surface area contributed by atoms with Gasteiger partial charge in [-0.1, -0.05) is 0 Å². The molecule has 0 saturated heterocycles. The third-order valence-corrected chi connectivity index (χ3v) is 2.37. The zero-order valence-electron chi connectivity index (χ0n) is 8.24. The molecule has 2 aromatic rings. The number of aromatic nitrogens is 2. The fraction of sp³-hybridized carbons (Fsp3) is 0.300. The Morgan fingerprint density at radius 2 is 1.87 bits per heavy atom. The fourth-order valence-corrected chi connectivity index (χ4v) is 1.71. The average Bonchev–Trinajstić information content (AvgIpc) is 2.46. The van der Waals surface area contributed by atoms with Crippen molar-refractivity contribution >= 4 is 11.0 Å². The predicted octanol–water partition coefficient (Wildman–Crippen LogP) is 3.20. The Morgan fingerprint density at radius 3 is 2.47 bits per heavy atom. The number of aryl methyl sites for hydroxylation is 2. The number of nitrogens with one attached hydrogen (secondary N) is 1. The normalized spacial score (nSPS) is 12.3. The molecule has 2 aromatic heterocycles. The monoisotopic (exact) mass is 214 g/mol. The number of rotatable bonds is 0. The molecule has 0 spiro atoms. The molecule has 2 nitrogen and oxygen atoms in total. The lowest BCUT2D eigenvalue weighted by Gasteiger charge is -2.11. The van der Waals surface area contributed by atoms with Crippen molar-refractivity contribution < 1.29 is 13.2 Å². The predicted molar refractivity (Wildman–Crippen MR) is 50.6 cm³/mol. The molecule has 0 aromatic carbocycles. The van der Waals surface area contributed by atoms with Crippen molar-refractivity contribution in [3.8, 4) is 0 Å². The van der Waals surface area contributed by atoms with E-state index in [-0.39, 0.29) is 16.6 Å². The third-order valence-electron chi connectivity index (χ3n) is 2.37. The fourth-order valence-electron chi connectivity index (χ4n) is 1.71. The van der Waals surface area contributed by atoms with Crippen LogP contribution in [-0.4, -0.2) is 9.97 Å². The molecule has 0 aliphatic carbocycles. The number of hydrogen-bond donors (Lipinski definition) is 1. The van der Waals surface area contributed by atoms with Crippen LogP contribution in [0.5, 0.6) is 0 Å². The van der Waals surface area contributed by atoms with Gasteiger partial charge in [-0.05, 0) is 25.0 Å². The first-order valence-electron chi connectivity index (χ1n) is 4.41. The minimum atomic E-state index is -4.34. The van der Waals surface area contributed by atoms with E-state index in [9.17, 15) is 13.2 Å². The van der Waals surface area contributed by atoms with E-state index in [1.54, 1.807) is 6.92 Å². The van der Waals surface area contributed by atoms with Gasteiger partial charge in [-0.3, -0.25) is 0 Å². The minimum Gasteiger partial charge on any atom is -0.346 e. The Labute approximate surface area is 84.1 Å². The van der Waals surface area contributed by atoms with Gasteiger partial charge in [0, 0.05) is 17.8 Å². The summed E-state index contributed by atoms with van der Waals surface area (Å²) in [5.41, 5.74) is 0.405. The number of fused-ring (bicyclic) bond motifs is 1. The van der Waals surface area contributed by atoms with Gasteiger partial charge in [0.25, 0.3) is 0 Å². The van der Waals surface area contributed by atoms with E-state index in [1.165, 1.54) is 19.3 Å². The van der Waals surface area contributed by atoms with Crippen molar-refractivity contribution in [1.82, 2.24) is 9.97 Å². The van der Waals surface area contributed by atoms with E-state index in [1.807, 2.05) is 0 Å². The molecule has 0 fully saturated rings. The number of nitrogens with zero attached hydrogens (tertiary/aromatic N) is 1. The number of hydrogen-bond acceptors (Lipinski definition) is 1. The molecule has 2 heterocycles. The van der Waals surface area contributed by atoms with Gasteiger partial charge in [-0.2, -0.15) is 13.2 Å². The molecule has 0 unspecified atom stereocenters. The van der Waals surface area contributed by atoms with Crippen molar-refractivity contribution in [2.75, 3.05) is 0 Å². The van der Waals surface area contributed by atoms with E-state index >= 15 is 0 Å². The summed E-state index contributed by atoms with van der Waals surface area (Å²) in [5.74, 6) is 0. The van der Waals surface area contributed by atoms with Gasteiger partial charge in [0.2, 0.25) is 0 Å². The van der Waals surface area contributed by atoms with Gasteiger partial charge >= 0.3 is 6.18 Å². The van der Waals surface area contributed by atoms with Crippen molar-refractivity contribution in [1.29, 1.82) is 0 Å². The lowest BCUT2D eigenvalue weighted by Crippen LogP contribution is -2.09. The van der Waals surface area contributed by atoms with Crippen molar-refractivity contribution in [2.24, 2.45) is 0 Å². The van der Waals surface area contributed by atoms with Crippen LogP contribution in [0.3, 0.4) is 0 Å². The van der Waals surface area contributed by atoms with Crippen LogP contribution in [0.1, 0.15) is 16.7 Å². The van der Waals surface area contributed by atoms with Gasteiger partial charge in [-0.25, -0.2) is 4.98 Å². The topological polar surface area (TPSA) is 28.7 Å². The Morgan fingerprint density at radius 1 is 1.20 bits per heavy atom. The summed E-state index contributed by atoms with van der Waals surface area (Å²) in [6, 6.07) is 0. The zero-order valence-corrected chi connectivity index (χ0v) is 8.24. The molecule has 0 radical (unpaired) electrons. The van der Waals surface area contributed by atoms with Crippen LogP contribution >= 0.6 is 0 Å². The van der Waals surface area contributed by atoms with Crippen LogP contribution in [0.25, 0.3) is 11.0 Å². The van der Waals surface area contributed by atoms with E-state index in [0.29, 0.717) is 5.56 Å². The first kappa shape index (κ1) is 10.0. The van der Waals surface area contributed by atoms with Crippen LogP contribution in [0, 0.1) is 13.8 Å². The first-order valence-corrected chi connectivity index (χ1v) is 4.41. The smallest absolute Gasteiger partial charge is 0.346 e. The largest absolute Gasteiger partial charge is 0.417 e. The summed E-state index contributed by atoms with van der Waals surface area (Å²) < 4.78 is 38.4. The first-order chi connectivity index (χ1) is 6.91. The van der Waals surface area contributed by atoms with E-state index < -0.39 is 11.7 Å². The molecule has 2 rings (SSSR count). The summed E-state index contributed by atoms with van der Waals surface area (Å²) >= 11 is 0. The molecule has 0 saturated carbocycles. The standard InChI is InChI=1S/C10H9F3N2/c1-5-3-14-9-7(5)8(10(11,12)13)6(2)4-15-9/h3-4H,1-2H3,(H,14,15). The van der Waals surface area contributed by atoms with Gasteiger partial charge in [0.05, 0.1) is 5.56 Å². The minimum absolute atomic E-state index is 0.151. The average molecular weight is 214 g/mol. The highest BCUT2D eigenvalue weighted by Gasteiger charge is 2.35. The van der Waals surface area contributed by atoms with Crippen molar-refractivity contribution in [3.05, 3.63) is 29.1 Å². The molecule has 0 amide bonds. The second-order valence-electron chi connectivity index (χ2n) is 3.51. The molecular formula is C10H9F3N2. The molecule has 0 aliphatic heterocycles. The van der Waals surface area contributed by atoms with Crippen LogP contribution in [0.15, 0.2) is 12.4 Å². The van der Waals surface area contributed by atoms with Crippen molar-refractivity contribution in [3.63, 3.8) is 0 Å². The maximum absolute atomic E-state index is 12.8. The van der Waals surface area contributed by atoms with Gasteiger partial charge in [0.15, 0.2) is 0 Å². The maximum Gasteiger partial charge on any atom is 0.417 e. The molecule has 5 heteroatoms. The zero-order chi connectivity index (χ0) is 11.2.